The molecular formula is C16H38N4. The van der Waals surface area contributed by atoms with Crippen LogP contribution in [-0.2, 0) is 0 Å². The maximum absolute atomic E-state index is 6.12. The molecule has 0 aliphatic rings. The van der Waals surface area contributed by atoms with Gasteiger partial charge in [0, 0.05) is 5.54 Å². The second-order valence-electron chi connectivity index (χ2n) is 6.13. The van der Waals surface area contributed by atoms with Crippen molar-refractivity contribution in [1.82, 2.24) is 5.43 Å². The van der Waals surface area contributed by atoms with Crippen LogP contribution in [0.3, 0.4) is 0 Å². The maximum atomic E-state index is 6.12. The van der Waals surface area contributed by atoms with Crippen molar-refractivity contribution in [1.29, 1.82) is 0 Å². The average Bonchev–Trinajstić information content (AvgIpc) is 2.46. The summed E-state index contributed by atoms with van der Waals surface area (Å²) in [4.78, 5) is 0. The summed E-state index contributed by atoms with van der Waals surface area (Å²) in [5, 5.41) is 0. The van der Waals surface area contributed by atoms with Gasteiger partial charge < -0.3 is 11.5 Å². The van der Waals surface area contributed by atoms with Crippen molar-refractivity contribution in [2.45, 2.75) is 71.8 Å². The van der Waals surface area contributed by atoms with E-state index in [0.29, 0.717) is 17.8 Å². The highest BCUT2D eigenvalue weighted by Gasteiger charge is 2.45. The molecule has 0 aromatic carbocycles. The average molecular weight is 287 g/mol. The largest absolute Gasteiger partial charge is 0.330 e. The maximum Gasteiger partial charge on any atom is 0.0403 e. The van der Waals surface area contributed by atoms with Gasteiger partial charge in [-0.3, -0.25) is 11.3 Å². The molecule has 3 atom stereocenters. The van der Waals surface area contributed by atoms with E-state index in [4.69, 9.17) is 17.3 Å². The normalized spacial score (nSPS) is 19.4. The monoisotopic (exact) mass is 286 g/mol. The van der Waals surface area contributed by atoms with Crippen LogP contribution in [0.4, 0.5) is 0 Å². The highest BCUT2D eigenvalue weighted by Crippen LogP contribution is 2.41. The second kappa shape index (κ2) is 10.6. The molecule has 4 nitrogen and oxygen atoms in total. The van der Waals surface area contributed by atoms with Crippen LogP contribution in [0.5, 0.6) is 0 Å². The zero-order chi connectivity index (χ0) is 15.6. The lowest BCUT2D eigenvalue weighted by Crippen LogP contribution is -2.63. The number of hydrogen-bond donors (Lipinski definition) is 4. The Labute approximate surface area is 126 Å². The molecule has 0 aromatic rings. The molecule has 0 saturated carbocycles. The van der Waals surface area contributed by atoms with Gasteiger partial charge in [-0.25, -0.2) is 0 Å². The smallest absolute Gasteiger partial charge is 0.0403 e. The van der Waals surface area contributed by atoms with Crippen molar-refractivity contribution in [3.8, 4) is 0 Å². The van der Waals surface area contributed by atoms with Gasteiger partial charge in [-0.05, 0) is 50.1 Å². The van der Waals surface area contributed by atoms with Gasteiger partial charge in [0.2, 0.25) is 0 Å². The number of nitrogens with one attached hydrogen (secondary N) is 1. The molecule has 0 aromatic heterocycles. The summed E-state index contributed by atoms with van der Waals surface area (Å²) in [6.07, 6.45) is 6.63. The third kappa shape index (κ3) is 4.42. The van der Waals surface area contributed by atoms with Crippen molar-refractivity contribution in [2.75, 3.05) is 13.1 Å². The Kier molecular flexibility index (Phi) is 10.5. The second-order valence-corrected chi connectivity index (χ2v) is 6.13. The topological polar surface area (TPSA) is 90.1 Å². The summed E-state index contributed by atoms with van der Waals surface area (Å²) in [6.45, 7) is 10.5. The van der Waals surface area contributed by atoms with Gasteiger partial charge in [0.15, 0.2) is 0 Å². The van der Waals surface area contributed by atoms with E-state index < -0.39 is 0 Å². The summed E-state index contributed by atoms with van der Waals surface area (Å²) in [5.41, 5.74) is 14.9. The van der Waals surface area contributed by atoms with E-state index in [-0.39, 0.29) is 5.54 Å². The third-order valence-electron chi connectivity index (χ3n) is 5.15. The molecule has 0 heterocycles. The molecule has 0 bridgehead atoms. The molecule has 0 amide bonds. The first kappa shape index (κ1) is 19.8. The minimum absolute atomic E-state index is 0.0434. The van der Waals surface area contributed by atoms with Gasteiger partial charge >= 0.3 is 0 Å². The van der Waals surface area contributed by atoms with Crippen LogP contribution >= 0.6 is 0 Å². The van der Waals surface area contributed by atoms with Crippen LogP contribution in [0.25, 0.3) is 0 Å². The van der Waals surface area contributed by atoms with E-state index in [9.17, 15) is 0 Å². The van der Waals surface area contributed by atoms with Gasteiger partial charge in [-0.15, -0.1) is 0 Å². The van der Waals surface area contributed by atoms with Crippen LogP contribution in [0.2, 0.25) is 0 Å². The van der Waals surface area contributed by atoms with Crippen LogP contribution in [0.1, 0.15) is 66.2 Å². The van der Waals surface area contributed by atoms with Crippen LogP contribution in [0, 0.1) is 17.8 Å². The molecule has 3 unspecified atom stereocenters. The Balaban J connectivity index is 5.54. The zero-order valence-corrected chi connectivity index (χ0v) is 14.1. The molecule has 0 saturated heterocycles. The van der Waals surface area contributed by atoms with Crippen molar-refractivity contribution in [3.63, 3.8) is 0 Å². The minimum atomic E-state index is -0.0434. The van der Waals surface area contributed by atoms with Crippen LogP contribution in [-0.4, -0.2) is 18.6 Å². The standard InChI is InChI=1S/C16H38N4/c1-5-8-13(4)16(20-19,14(6-2)9-11-17)15(7-3)10-12-18/h13-15,20H,5-12,17-19H2,1-4H3. The molecule has 0 fully saturated rings. The number of hydrogen-bond acceptors (Lipinski definition) is 4. The van der Waals surface area contributed by atoms with E-state index in [2.05, 4.69) is 33.1 Å². The summed E-state index contributed by atoms with van der Waals surface area (Å²) >= 11 is 0. The SMILES string of the molecule is CCCC(C)C(NN)(C(CC)CCN)C(CC)CCN. The molecule has 20 heavy (non-hydrogen) atoms. The van der Waals surface area contributed by atoms with Gasteiger partial charge in [0.25, 0.3) is 0 Å². The predicted octanol–water partition coefficient (Wildman–Crippen LogP) is 2.37. The molecule has 0 rings (SSSR count). The Morgan fingerprint density at radius 3 is 1.60 bits per heavy atom. The predicted molar refractivity (Wildman–Crippen MR) is 89.0 cm³/mol. The summed E-state index contributed by atoms with van der Waals surface area (Å²) < 4.78 is 0. The Bertz CT molecular complexity index is 219. The fourth-order valence-corrected chi connectivity index (χ4v) is 4.15. The fraction of sp³-hybridized carbons (Fsp3) is 1.00. The quantitative estimate of drug-likeness (QED) is 0.327. The number of nitrogens with two attached hydrogens (primary N) is 3. The van der Waals surface area contributed by atoms with Crippen molar-refractivity contribution in [3.05, 3.63) is 0 Å². The lowest BCUT2D eigenvalue weighted by Gasteiger charge is -2.50. The van der Waals surface area contributed by atoms with Crippen LogP contribution in [0.15, 0.2) is 0 Å². The first-order valence-electron chi connectivity index (χ1n) is 8.46. The third-order valence-corrected chi connectivity index (χ3v) is 5.15. The highest BCUT2D eigenvalue weighted by molar-refractivity contribution is 5.01. The molecule has 7 N–H and O–H groups in total. The molecule has 4 heteroatoms. The molecule has 0 spiro atoms. The van der Waals surface area contributed by atoms with Crippen molar-refractivity contribution >= 4 is 0 Å². The van der Waals surface area contributed by atoms with Gasteiger partial charge in [-0.2, -0.15) is 0 Å². The van der Waals surface area contributed by atoms with Crippen molar-refractivity contribution < 1.29 is 0 Å². The van der Waals surface area contributed by atoms with Crippen LogP contribution < -0.4 is 22.7 Å². The van der Waals surface area contributed by atoms with E-state index in [1.165, 1.54) is 12.8 Å². The first-order valence-corrected chi connectivity index (χ1v) is 8.46. The van der Waals surface area contributed by atoms with Gasteiger partial charge in [0.1, 0.15) is 0 Å². The highest BCUT2D eigenvalue weighted by atomic mass is 15.3. The molecule has 122 valence electrons. The lowest BCUT2D eigenvalue weighted by molar-refractivity contribution is 0.0429. The van der Waals surface area contributed by atoms with E-state index >= 15 is 0 Å². The molecule has 0 radical (unpaired) electrons. The number of hydrazine groups is 1. The van der Waals surface area contributed by atoms with E-state index in [1.54, 1.807) is 0 Å². The summed E-state index contributed by atoms with van der Waals surface area (Å²) in [7, 11) is 0. The summed E-state index contributed by atoms with van der Waals surface area (Å²) in [6, 6.07) is 0. The van der Waals surface area contributed by atoms with Gasteiger partial charge in [0.05, 0.1) is 0 Å². The molecule has 0 aliphatic carbocycles. The molecular weight excluding hydrogens is 248 g/mol. The Morgan fingerprint density at radius 2 is 1.35 bits per heavy atom. The minimum Gasteiger partial charge on any atom is -0.330 e. The lowest BCUT2D eigenvalue weighted by atomic mass is 9.62. The Hall–Kier alpha value is -0.160. The first-order chi connectivity index (χ1) is 9.58. The van der Waals surface area contributed by atoms with E-state index in [0.717, 1.165) is 38.8 Å². The fourth-order valence-electron chi connectivity index (χ4n) is 4.15. The summed E-state index contributed by atoms with van der Waals surface area (Å²) in [5.74, 6) is 7.67. The Morgan fingerprint density at radius 1 is 0.900 bits per heavy atom. The van der Waals surface area contributed by atoms with Gasteiger partial charge in [-0.1, -0.05) is 47.0 Å². The molecule has 0 aliphatic heterocycles. The number of rotatable bonds is 12. The van der Waals surface area contributed by atoms with E-state index in [1.807, 2.05) is 0 Å². The zero-order valence-electron chi connectivity index (χ0n) is 14.1. The van der Waals surface area contributed by atoms with Crippen molar-refractivity contribution in [2.24, 2.45) is 35.1 Å².